The van der Waals surface area contributed by atoms with Crippen LogP contribution >= 0.6 is 0 Å². The number of aromatic nitrogens is 2. The van der Waals surface area contributed by atoms with Gasteiger partial charge in [0.1, 0.15) is 5.82 Å². The van der Waals surface area contributed by atoms with E-state index in [1.54, 1.807) is 35.0 Å². The Bertz CT molecular complexity index is 795. The van der Waals surface area contributed by atoms with Gasteiger partial charge in [0.25, 0.3) is 0 Å². The molecule has 3 aromatic rings. The van der Waals surface area contributed by atoms with Crippen molar-refractivity contribution in [2.45, 2.75) is 6.54 Å². The molecule has 19 heavy (non-hydrogen) atoms. The van der Waals surface area contributed by atoms with Gasteiger partial charge in [0.2, 0.25) is 5.43 Å². The van der Waals surface area contributed by atoms with Crippen molar-refractivity contribution in [1.82, 2.24) is 9.78 Å². The molecule has 4 heteroatoms. The summed E-state index contributed by atoms with van der Waals surface area (Å²) in [7, 11) is 0. The minimum Gasteiger partial charge on any atom is -0.287 e. The molecule has 0 radical (unpaired) electrons. The minimum atomic E-state index is -0.271. The molecular weight excluding hydrogens is 243 g/mol. The van der Waals surface area contributed by atoms with Gasteiger partial charge in [0, 0.05) is 10.9 Å². The highest BCUT2D eigenvalue weighted by atomic mass is 19.1. The Kier molecular flexibility index (Phi) is 2.83. The molecule has 0 spiro atoms. The lowest BCUT2D eigenvalue weighted by Gasteiger charge is -2.09. The van der Waals surface area contributed by atoms with Crippen molar-refractivity contribution >= 4 is 10.9 Å². The Morgan fingerprint density at radius 3 is 2.63 bits per heavy atom. The van der Waals surface area contributed by atoms with E-state index in [1.165, 1.54) is 12.3 Å². The first kappa shape index (κ1) is 11.6. The monoisotopic (exact) mass is 254 g/mol. The first-order valence-electron chi connectivity index (χ1n) is 5.94. The Labute approximate surface area is 108 Å². The van der Waals surface area contributed by atoms with Crippen molar-refractivity contribution in [3.8, 4) is 0 Å². The lowest BCUT2D eigenvalue weighted by atomic mass is 10.2. The fourth-order valence-electron chi connectivity index (χ4n) is 2.07. The zero-order chi connectivity index (χ0) is 13.2. The van der Waals surface area contributed by atoms with Gasteiger partial charge in [-0.05, 0) is 18.2 Å². The molecule has 0 saturated carbocycles. The molecule has 2 aromatic carbocycles. The second kappa shape index (κ2) is 4.65. The minimum absolute atomic E-state index is 0.125. The Balaban J connectivity index is 2.14. The van der Waals surface area contributed by atoms with E-state index < -0.39 is 0 Å². The van der Waals surface area contributed by atoms with Crippen LogP contribution in [0.1, 0.15) is 5.56 Å². The van der Waals surface area contributed by atoms with Crippen LogP contribution in [0.3, 0.4) is 0 Å². The van der Waals surface area contributed by atoms with Gasteiger partial charge in [-0.1, -0.05) is 30.3 Å². The molecule has 0 bridgehead atoms. The van der Waals surface area contributed by atoms with Crippen molar-refractivity contribution in [2.75, 3.05) is 0 Å². The van der Waals surface area contributed by atoms with E-state index in [9.17, 15) is 9.18 Å². The maximum Gasteiger partial charge on any atom is 0.207 e. The maximum atomic E-state index is 13.7. The van der Waals surface area contributed by atoms with E-state index in [1.807, 2.05) is 12.1 Å². The van der Waals surface area contributed by atoms with Gasteiger partial charge in [-0.2, -0.15) is 5.10 Å². The van der Waals surface area contributed by atoms with E-state index in [0.29, 0.717) is 23.0 Å². The van der Waals surface area contributed by atoms with E-state index >= 15 is 0 Å². The van der Waals surface area contributed by atoms with Crippen LogP contribution in [0.25, 0.3) is 10.9 Å². The van der Waals surface area contributed by atoms with Crippen LogP contribution in [0.15, 0.2) is 59.5 Å². The third kappa shape index (κ3) is 2.12. The molecule has 1 aromatic heterocycles. The summed E-state index contributed by atoms with van der Waals surface area (Å²) in [4.78, 5) is 11.7. The molecule has 0 fully saturated rings. The molecule has 1 heterocycles. The summed E-state index contributed by atoms with van der Waals surface area (Å²) in [6, 6.07) is 13.8. The second-order valence-electron chi connectivity index (χ2n) is 4.28. The van der Waals surface area contributed by atoms with Gasteiger partial charge < -0.3 is 0 Å². The number of rotatable bonds is 2. The molecule has 0 aliphatic carbocycles. The molecule has 0 atom stereocenters. The first-order chi connectivity index (χ1) is 9.25. The average Bonchev–Trinajstić information content (AvgIpc) is 2.44. The van der Waals surface area contributed by atoms with Crippen LogP contribution in [0, 0.1) is 5.82 Å². The van der Waals surface area contributed by atoms with E-state index in [0.717, 1.165) is 0 Å². The van der Waals surface area contributed by atoms with Crippen LogP contribution in [0.5, 0.6) is 0 Å². The number of benzene rings is 2. The van der Waals surface area contributed by atoms with Gasteiger partial charge in [-0.15, -0.1) is 0 Å². The van der Waals surface area contributed by atoms with Crippen molar-refractivity contribution < 1.29 is 4.39 Å². The largest absolute Gasteiger partial charge is 0.287 e. The molecule has 3 nitrogen and oxygen atoms in total. The van der Waals surface area contributed by atoms with Crippen LogP contribution < -0.4 is 5.43 Å². The quantitative estimate of drug-likeness (QED) is 0.704. The molecule has 0 saturated heterocycles. The Hall–Kier alpha value is -2.49. The van der Waals surface area contributed by atoms with E-state index in [-0.39, 0.29) is 11.2 Å². The van der Waals surface area contributed by atoms with Gasteiger partial charge in [-0.25, -0.2) is 4.39 Å². The summed E-state index contributed by atoms with van der Waals surface area (Å²) in [6.45, 7) is 0.299. The second-order valence-corrected chi connectivity index (χ2v) is 4.28. The van der Waals surface area contributed by atoms with E-state index in [4.69, 9.17) is 0 Å². The molecule has 94 valence electrons. The van der Waals surface area contributed by atoms with Crippen LogP contribution in [0.2, 0.25) is 0 Å². The Morgan fingerprint density at radius 2 is 1.79 bits per heavy atom. The van der Waals surface area contributed by atoms with Crippen LogP contribution in [-0.2, 0) is 6.54 Å². The Morgan fingerprint density at radius 1 is 1.05 bits per heavy atom. The molecule has 0 aliphatic rings. The molecule has 0 amide bonds. The van der Waals surface area contributed by atoms with Gasteiger partial charge in [-0.3, -0.25) is 9.48 Å². The van der Waals surface area contributed by atoms with Gasteiger partial charge in [0.15, 0.2) is 0 Å². The predicted molar refractivity (Wildman–Crippen MR) is 71.5 cm³/mol. The SMILES string of the molecule is O=c1cnn(Cc2ccccc2F)c2ccccc12. The van der Waals surface area contributed by atoms with Crippen LogP contribution in [-0.4, -0.2) is 9.78 Å². The summed E-state index contributed by atoms with van der Waals surface area (Å²) in [5.74, 6) is -0.271. The number of para-hydroxylation sites is 1. The highest BCUT2D eigenvalue weighted by Gasteiger charge is 2.06. The highest BCUT2D eigenvalue weighted by Crippen LogP contribution is 2.12. The number of hydrogen-bond acceptors (Lipinski definition) is 2. The normalized spacial score (nSPS) is 10.8. The lowest BCUT2D eigenvalue weighted by molar-refractivity contribution is 0.587. The lowest BCUT2D eigenvalue weighted by Crippen LogP contribution is -2.13. The molecular formula is C15H11FN2O. The number of hydrogen-bond donors (Lipinski definition) is 0. The third-order valence-corrected chi connectivity index (χ3v) is 3.04. The number of halogens is 1. The fraction of sp³-hybridized carbons (Fsp3) is 0.0667. The number of fused-ring (bicyclic) bond motifs is 1. The summed E-state index contributed by atoms with van der Waals surface area (Å²) in [5, 5.41) is 4.67. The summed E-state index contributed by atoms with van der Waals surface area (Å²) < 4.78 is 15.3. The third-order valence-electron chi connectivity index (χ3n) is 3.04. The fourth-order valence-corrected chi connectivity index (χ4v) is 2.07. The van der Waals surface area contributed by atoms with Crippen molar-refractivity contribution in [3.05, 3.63) is 76.3 Å². The van der Waals surface area contributed by atoms with Crippen molar-refractivity contribution in [3.63, 3.8) is 0 Å². The number of nitrogens with zero attached hydrogens (tertiary/aromatic N) is 2. The zero-order valence-corrected chi connectivity index (χ0v) is 10.1. The highest BCUT2D eigenvalue weighted by molar-refractivity contribution is 5.77. The molecule has 0 N–H and O–H groups in total. The van der Waals surface area contributed by atoms with E-state index in [2.05, 4.69) is 5.10 Å². The topological polar surface area (TPSA) is 34.9 Å². The summed E-state index contributed by atoms with van der Waals surface area (Å²) >= 11 is 0. The average molecular weight is 254 g/mol. The molecule has 0 aliphatic heterocycles. The first-order valence-corrected chi connectivity index (χ1v) is 5.94. The van der Waals surface area contributed by atoms with Crippen LogP contribution in [0.4, 0.5) is 4.39 Å². The van der Waals surface area contributed by atoms with Crippen molar-refractivity contribution in [2.24, 2.45) is 0 Å². The zero-order valence-electron chi connectivity index (χ0n) is 10.1. The summed E-state index contributed by atoms with van der Waals surface area (Å²) in [5.41, 5.74) is 1.13. The maximum absolute atomic E-state index is 13.7. The van der Waals surface area contributed by atoms with Gasteiger partial charge >= 0.3 is 0 Å². The summed E-state index contributed by atoms with van der Waals surface area (Å²) in [6.07, 6.45) is 1.27. The molecule has 0 unspecified atom stereocenters. The smallest absolute Gasteiger partial charge is 0.207 e. The van der Waals surface area contributed by atoms with Crippen molar-refractivity contribution in [1.29, 1.82) is 0 Å². The standard InChI is InChI=1S/C15H11FN2O/c16-13-7-3-1-5-11(13)10-18-14-8-4-2-6-12(14)15(19)9-17-18/h1-9H,10H2. The molecule has 3 rings (SSSR count). The van der Waals surface area contributed by atoms with Gasteiger partial charge in [0.05, 0.1) is 18.3 Å². The predicted octanol–water partition coefficient (Wildman–Crippen LogP) is 2.58.